The summed E-state index contributed by atoms with van der Waals surface area (Å²) in [5.41, 5.74) is 2.54. The van der Waals surface area contributed by atoms with Gasteiger partial charge in [-0.15, -0.1) is 22.7 Å². The number of benzene rings is 3. The summed E-state index contributed by atoms with van der Waals surface area (Å²) in [6.45, 7) is 7.36. The van der Waals surface area contributed by atoms with E-state index in [0.29, 0.717) is 52.9 Å². The van der Waals surface area contributed by atoms with Crippen molar-refractivity contribution in [1.82, 2.24) is 0 Å². The molecular formula is C46H24F2N4O2S2. The maximum Gasteiger partial charge on any atom is 0.194 e. The Hall–Kier alpha value is -6.82. The maximum atomic E-state index is 17.4. The number of carbonyl (C=O) groups excluding carboxylic acids is 2. The fourth-order valence-electron chi connectivity index (χ4n) is 8.80. The lowest BCUT2D eigenvalue weighted by Gasteiger charge is -2.26. The highest BCUT2D eigenvalue weighted by Gasteiger charge is 2.50. The largest absolute Gasteiger partial charge is 0.289 e. The first-order valence-corrected chi connectivity index (χ1v) is 19.1. The highest BCUT2D eigenvalue weighted by Crippen LogP contribution is 2.62. The van der Waals surface area contributed by atoms with Crippen molar-refractivity contribution in [3.05, 3.63) is 149 Å². The molecular weight excluding hydrogens is 743 g/mol. The summed E-state index contributed by atoms with van der Waals surface area (Å²) < 4.78 is 34.7. The fraction of sp³-hybridized carbons (Fsp3) is 0.130. The van der Waals surface area contributed by atoms with E-state index in [-0.39, 0.29) is 67.3 Å². The monoisotopic (exact) mass is 766 g/mol. The zero-order valence-electron chi connectivity index (χ0n) is 30.1. The van der Waals surface area contributed by atoms with Gasteiger partial charge in [0.2, 0.25) is 0 Å². The first-order valence-electron chi connectivity index (χ1n) is 17.5. The summed E-state index contributed by atoms with van der Waals surface area (Å²) in [4.78, 5) is 29.5. The van der Waals surface area contributed by atoms with Gasteiger partial charge >= 0.3 is 0 Å². The van der Waals surface area contributed by atoms with Gasteiger partial charge in [0, 0.05) is 86.0 Å². The topological polar surface area (TPSA) is 129 Å². The minimum absolute atomic E-state index is 0.178. The molecule has 0 N–H and O–H groups in total. The van der Waals surface area contributed by atoms with Crippen molar-refractivity contribution in [2.45, 2.75) is 38.5 Å². The van der Waals surface area contributed by atoms with E-state index >= 15 is 8.78 Å². The number of nitrogens with zero attached hydrogens (tertiary/aromatic N) is 4. The van der Waals surface area contributed by atoms with Crippen LogP contribution in [0.3, 0.4) is 0 Å². The van der Waals surface area contributed by atoms with E-state index in [0.717, 1.165) is 0 Å². The van der Waals surface area contributed by atoms with Crippen molar-refractivity contribution in [3.63, 3.8) is 0 Å². The SMILES string of the molecule is CC1(C)c2cc(/C=C3\C(=O)c4ccccc4C3=C(C#N)C#N)sc2-c2c(F)c3c(c(F)c21)-c1sc(/C=C2\C(=O)c4ccccc4C2=C(C#N)C#N)cc1C3(C)C. The van der Waals surface area contributed by atoms with E-state index in [4.69, 9.17) is 0 Å². The number of carbonyl (C=O) groups is 2. The van der Waals surface area contributed by atoms with Crippen LogP contribution in [0.2, 0.25) is 0 Å². The molecule has 0 radical (unpaired) electrons. The second kappa shape index (κ2) is 11.8. The van der Waals surface area contributed by atoms with Gasteiger partial charge in [-0.1, -0.05) is 76.2 Å². The molecule has 6 nitrogen and oxygen atoms in total. The third-order valence-electron chi connectivity index (χ3n) is 11.4. The van der Waals surface area contributed by atoms with Gasteiger partial charge in [-0.05, 0) is 46.5 Å². The summed E-state index contributed by atoms with van der Waals surface area (Å²) in [5, 5.41) is 39.1. The Kier molecular flexibility index (Phi) is 7.38. The van der Waals surface area contributed by atoms with Crippen LogP contribution < -0.4 is 0 Å². The van der Waals surface area contributed by atoms with Gasteiger partial charge < -0.3 is 0 Å². The Morgan fingerprint density at radius 2 is 0.929 bits per heavy atom. The van der Waals surface area contributed by atoms with Gasteiger partial charge in [0.25, 0.3) is 0 Å². The Morgan fingerprint density at radius 1 is 0.589 bits per heavy atom. The lowest BCUT2D eigenvalue weighted by molar-refractivity contribution is 0.103. The van der Waals surface area contributed by atoms with Crippen molar-refractivity contribution in [3.8, 4) is 45.2 Å². The fourth-order valence-corrected chi connectivity index (χ4v) is 11.4. The zero-order valence-corrected chi connectivity index (χ0v) is 31.7. The summed E-state index contributed by atoms with van der Waals surface area (Å²) >= 11 is 2.46. The molecule has 4 aliphatic carbocycles. The molecule has 0 bridgehead atoms. The Bertz CT molecular complexity index is 2840. The average Bonchev–Trinajstić information content (AvgIpc) is 4.00. The number of rotatable bonds is 2. The molecule has 0 unspecified atom stereocenters. The van der Waals surface area contributed by atoms with E-state index in [1.165, 1.54) is 22.7 Å². The number of ketones is 2. The molecule has 0 fully saturated rings. The van der Waals surface area contributed by atoms with Crippen LogP contribution in [-0.4, -0.2) is 11.6 Å². The molecule has 3 aromatic carbocycles. The smallest absolute Gasteiger partial charge is 0.194 e. The van der Waals surface area contributed by atoms with E-state index in [2.05, 4.69) is 0 Å². The number of Topliss-reactive ketones (excluding diaryl/α,β-unsaturated/α-hetero) is 2. The van der Waals surface area contributed by atoms with Crippen molar-refractivity contribution < 1.29 is 18.4 Å². The van der Waals surface area contributed by atoms with Crippen LogP contribution in [-0.2, 0) is 10.8 Å². The maximum absolute atomic E-state index is 17.4. The predicted molar refractivity (Wildman–Crippen MR) is 211 cm³/mol. The quantitative estimate of drug-likeness (QED) is 0.130. The van der Waals surface area contributed by atoms with E-state index in [1.54, 1.807) is 60.7 Å². The van der Waals surface area contributed by atoms with Crippen molar-refractivity contribution in [1.29, 1.82) is 21.0 Å². The van der Waals surface area contributed by atoms with Crippen LogP contribution >= 0.6 is 22.7 Å². The third-order valence-corrected chi connectivity index (χ3v) is 13.6. The van der Waals surface area contributed by atoms with Crippen molar-refractivity contribution >= 4 is 57.5 Å². The minimum Gasteiger partial charge on any atom is -0.289 e. The minimum atomic E-state index is -0.981. The Balaban J connectivity index is 1.19. The highest BCUT2D eigenvalue weighted by molar-refractivity contribution is 7.17. The molecule has 4 aliphatic rings. The molecule has 2 aromatic heterocycles. The Labute approximate surface area is 328 Å². The highest BCUT2D eigenvalue weighted by atomic mass is 32.1. The van der Waals surface area contributed by atoms with Gasteiger partial charge in [0.1, 0.15) is 47.1 Å². The summed E-state index contributed by atoms with van der Waals surface area (Å²) in [7, 11) is 0. The van der Waals surface area contributed by atoms with Crippen LogP contribution in [0.4, 0.5) is 8.78 Å². The zero-order chi connectivity index (χ0) is 39.6. The van der Waals surface area contributed by atoms with Gasteiger partial charge in [0.15, 0.2) is 11.6 Å². The second-order valence-electron chi connectivity index (χ2n) is 15.0. The number of fused-ring (bicyclic) bond motifs is 8. The van der Waals surface area contributed by atoms with E-state index in [1.807, 2.05) is 64.1 Å². The van der Waals surface area contributed by atoms with Crippen LogP contribution in [0.1, 0.15) is 91.5 Å². The van der Waals surface area contributed by atoms with Crippen molar-refractivity contribution in [2.24, 2.45) is 0 Å². The number of thiophene rings is 2. The van der Waals surface area contributed by atoms with Crippen LogP contribution in [0, 0.1) is 57.0 Å². The molecule has 0 saturated heterocycles. The normalized spacial score (nSPS) is 17.4. The van der Waals surface area contributed by atoms with Crippen LogP contribution in [0.15, 0.2) is 83.0 Å². The summed E-state index contributed by atoms with van der Waals surface area (Å²) in [5.74, 6) is -1.71. The average molecular weight is 767 g/mol. The van der Waals surface area contributed by atoms with Gasteiger partial charge in [-0.25, -0.2) is 8.78 Å². The molecule has 10 heteroatoms. The molecule has 56 heavy (non-hydrogen) atoms. The van der Waals surface area contributed by atoms with Crippen molar-refractivity contribution in [2.75, 3.05) is 0 Å². The second-order valence-corrected chi connectivity index (χ2v) is 17.1. The number of nitriles is 4. The predicted octanol–water partition coefficient (Wildman–Crippen LogP) is 10.9. The standard InChI is InChI=1S/C46H24F2N4O2S2/c1-45(2)31-15-23(13-29-33(21(17-49)18-50)25-9-5-7-11-27(25)41(29)53)55-43(31)35-37(45)39(47)36-38(40(35)48)46(3,4)32-16-24(56-44(32)36)14-30-34(22(19-51)20-52)26-10-6-8-12-28(26)42(30)54/h5-16H,1-4H3/b29-13-,30-14-. The lowest BCUT2D eigenvalue weighted by atomic mass is 9.78. The number of hydrogen-bond acceptors (Lipinski definition) is 8. The molecule has 0 amide bonds. The molecule has 0 atom stereocenters. The van der Waals surface area contributed by atoms with E-state index in [9.17, 15) is 30.6 Å². The van der Waals surface area contributed by atoms with E-state index < -0.39 is 22.5 Å². The molecule has 0 spiro atoms. The van der Waals surface area contributed by atoms with Crippen LogP contribution in [0.25, 0.3) is 44.2 Å². The van der Waals surface area contributed by atoms with Gasteiger partial charge in [-0.3, -0.25) is 9.59 Å². The molecule has 9 rings (SSSR count). The molecule has 0 aliphatic heterocycles. The molecule has 2 heterocycles. The molecule has 5 aromatic rings. The van der Waals surface area contributed by atoms with Crippen LogP contribution in [0.5, 0.6) is 0 Å². The first kappa shape index (κ1) is 34.9. The van der Waals surface area contributed by atoms with Gasteiger partial charge in [0.05, 0.1) is 0 Å². The van der Waals surface area contributed by atoms with Gasteiger partial charge in [-0.2, -0.15) is 21.0 Å². The number of halogens is 2. The molecule has 0 saturated carbocycles. The lowest BCUT2D eigenvalue weighted by Crippen LogP contribution is -2.21. The number of allylic oxidation sites excluding steroid dienone is 6. The first-order chi connectivity index (χ1) is 26.8. The third kappa shape index (κ3) is 4.40. The summed E-state index contributed by atoms with van der Waals surface area (Å²) in [6.07, 6.45) is 3.27. The summed E-state index contributed by atoms with van der Waals surface area (Å²) in [6, 6.07) is 24.9. The Morgan fingerprint density at radius 3 is 1.27 bits per heavy atom. The molecule has 266 valence electrons. The number of hydrogen-bond donors (Lipinski definition) is 0.